The second-order valence-corrected chi connectivity index (χ2v) is 6.69. The van der Waals surface area contributed by atoms with Crippen LogP contribution in [0.2, 0.25) is 0 Å². The van der Waals surface area contributed by atoms with E-state index in [9.17, 15) is 0 Å². The van der Waals surface area contributed by atoms with E-state index in [4.69, 9.17) is 10.5 Å². The zero-order valence-corrected chi connectivity index (χ0v) is 14.0. The van der Waals surface area contributed by atoms with Crippen LogP contribution in [0.15, 0.2) is 36.4 Å². The Balaban J connectivity index is 1.42. The number of hydrogen-bond donors (Lipinski definition) is 3. The molecule has 126 valence electrons. The number of ether oxygens (including phenoxy) is 1. The van der Waals surface area contributed by atoms with Crippen LogP contribution >= 0.6 is 0 Å². The van der Waals surface area contributed by atoms with Gasteiger partial charge in [0.1, 0.15) is 11.6 Å². The molecular formula is C19H24N4O. The Bertz CT molecular complexity index is 723. The van der Waals surface area contributed by atoms with Gasteiger partial charge in [0.15, 0.2) is 0 Å². The second-order valence-electron chi connectivity index (χ2n) is 6.69. The second kappa shape index (κ2) is 6.42. The van der Waals surface area contributed by atoms with Crippen LogP contribution in [0.25, 0.3) is 11.3 Å². The molecule has 2 fully saturated rings. The van der Waals surface area contributed by atoms with Crippen molar-refractivity contribution in [2.75, 3.05) is 32.5 Å². The van der Waals surface area contributed by atoms with Crippen molar-refractivity contribution < 1.29 is 4.74 Å². The standard InChI is InChI=1S/C19H24N4O/c1-24-17-9-13(16-3-2-4-18(20)23-16)6-5-12(17)7-8-22-19-14-10-21-11-15(14)19/h2-6,9,14-15,19,21-22H,7-8,10-11H2,1H3,(H2,20,23). The molecule has 24 heavy (non-hydrogen) atoms. The fourth-order valence-corrected chi connectivity index (χ4v) is 3.82. The van der Waals surface area contributed by atoms with E-state index in [-0.39, 0.29) is 0 Å². The molecular weight excluding hydrogens is 300 g/mol. The maximum absolute atomic E-state index is 5.78. The molecule has 4 N–H and O–H groups in total. The van der Waals surface area contributed by atoms with Gasteiger partial charge < -0.3 is 21.1 Å². The fourth-order valence-electron chi connectivity index (χ4n) is 3.82. The summed E-state index contributed by atoms with van der Waals surface area (Å²) in [6, 6.07) is 12.7. The summed E-state index contributed by atoms with van der Waals surface area (Å²) in [6.07, 6.45) is 0.969. The lowest BCUT2D eigenvalue weighted by Crippen LogP contribution is -2.29. The summed E-state index contributed by atoms with van der Waals surface area (Å²) in [7, 11) is 1.72. The minimum Gasteiger partial charge on any atom is -0.496 e. The van der Waals surface area contributed by atoms with Crippen molar-refractivity contribution in [1.29, 1.82) is 0 Å². The lowest BCUT2D eigenvalue weighted by Gasteiger charge is -2.12. The van der Waals surface area contributed by atoms with Crippen LogP contribution in [0, 0.1) is 11.8 Å². The van der Waals surface area contributed by atoms with Gasteiger partial charge in [0.2, 0.25) is 0 Å². The molecule has 2 aromatic rings. The number of methoxy groups -OCH3 is 1. The van der Waals surface area contributed by atoms with Gasteiger partial charge in [-0.25, -0.2) is 4.98 Å². The van der Waals surface area contributed by atoms with Crippen molar-refractivity contribution >= 4 is 5.82 Å². The van der Waals surface area contributed by atoms with Gasteiger partial charge in [0, 0.05) is 11.6 Å². The van der Waals surface area contributed by atoms with Gasteiger partial charge in [-0.3, -0.25) is 0 Å². The average molecular weight is 324 g/mol. The number of pyridine rings is 1. The predicted molar refractivity (Wildman–Crippen MR) is 96.0 cm³/mol. The number of piperidine rings is 1. The minimum atomic E-state index is 0.532. The third kappa shape index (κ3) is 2.97. The molecule has 2 atom stereocenters. The maximum atomic E-state index is 5.78. The zero-order chi connectivity index (χ0) is 16.5. The van der Waals surface area contributed by atoms with Gasteiger partial charge in [-0.2, -0.15) is 0 Å². The molecule has 1 saturated carbocycles. The molecule has 1 aliphatic heterocycles. The summed E-state index contributed by atoms with van der Waals surface area (Å²) < 4.78 is 5.59. The number of nitrogens with zero attached hydrogens (tertiary/aromatic N) is 1. The van der Waals surface area contributed by atoms with Crippen LogP contribution < -0.4 is 21.1 Å². The van der Waals surface area contributed by atoms with Crippen LogP contribution in [-0.2, 0) is 6.42 Å². The molecule has 2 aliphatic rings. The third-order valence-electron chi connectivity index (χ3n) is 5.22. The number of hydrogen-bond acceptors (Lipinski definition) is 5. The molecule has 0 radical (unpaired) electrons. The van der Waals surface area contributed by atoms with E-state index in [1.807, 2.05) is 18.2 Å². The summed E-state index contributed by atoms with van der Waals surface area (Å²) in [5.74, 6) is 3.15. The van der Waals surface area contributed by atoms with Gasteiger partial charge in [0.25, 0.3) is 0 Å². The topological polar surface area (TPSA) is 72.2 Å². The first-order valence-electron chi connectivity index (χ1n) is 8.60. The number of nitrogens with one attached hydrogen (secondary N) is 2. The quantitative estimate of drug-likeness (QED) is 0.754. The van der Waals surface area contributed by atoms with Crippen LogP contribution in [-0.4, -0.2) is 37.8 Å². The molecule has 2 heterocycles. The van der Waals surface area contributed by atoms with Crippen LogP contribution in [0.1, 0.15) is 5.56 Å². The molecule has 1 aliphatic carbocycles. The van der Waals surface area contributed by atoms with Gasteiger partial charge >= 0.3 is 0 Å². The first-order valence-corrected chi connectivity index (χ1v) is 8.60. The Morgan fingerprint density at radius 1 is 1.25 bits per heavy atom. The normalized spacial score (nSPS) is 24.6. The zero-order valence-electron chi connectivity index (χ0n) is 14.0. The van der Waals surface area contributed by atoms with Gasteiger partial charge in [-0.15, -0.1) is 0 Å². The van der Waals surface area contributed by atoms with E-state index in [2.05, 4.69) is 27.8 Å². The van der Waals surface area contributed by atoms with Crippen LogP contribution in [0.4, 0.5) is 5.82 Å². The summed E-state index contributed by atoms with van der Waals surface area (Å²) >= 11 is 0. The number of nitrogens with two attached hydrogens (primary N) is 1. The van der Waals surface area contributed by atoms with Gasteiger partial charge in [-0.05, 0) is 61.7 Å². The fraction of sp³-hybridized carbons (Fsp3) is 0.421. The highest BCUT2D eigenvalue weighted by Crippen LogP contribution is 2.41. The monoisotopic (exact) mass is 324 g/mol. The molecule has 5 nitrogen and oxygen atoms in total. The Kier molecular flexibility index (Phi) is 4.12. The first kappa shape index (κ1) is 15.4. The number of nitrogen functional groups attached to an aromatic ring is 1. The SMILES string of the molecule is COc1cc(-c2cccc(N)n2)ccc1CCNC1C2CNCC21. The Labute approximate surface area is 142 Å². The van der Waals surface area contributed by atoms with Crippen molar-refractivity contribution in [2.45, 2.75) is 12.5 Å². The molecule has 4 rings (SSSR count). The Morgan fingerprint density at radius 2 is 2.08 bits per heavy atom. The number of fused-ring (bicyclic) bond motifs is 1. The number of aromatic nitrogens is 1. The Hall–Kier alpha value is -2.11. The average Bonchev–Trinajstić information content (AvgIpc) is 3.03. The van der Waals surface area contributed by atoms with Crippen LogP contribution in [0.5, 0.6) is 5.75 Å². The number of anilines is 1. The number of rotatable bonds is 6. The number of benzene rings is 1. The highest BCUT2D eigenvalue weighted by atomic mass is 16.5. The smallest absolute Gasteiger partial charge is 0.124 e. The van der Waals surface area contributed by atoms with E-state index in [1.165, 1.54) is 18.7 Å². The van der Waals surface area contributed by atoms with E-state index in [0.29, 0.717) is 11.9 Å². The van der Waals surface area contributed by atoms with Crippen molar-refractivity contribution in [3.05, 3.63) is 42.0 Å². The molecule has 5 heteroatoms. The van der Waals surface area contributed by atoms with E-state index in [0.717, 1.165) is 41.8 Å². The van der Waals surface area contributed by atoms with E-state index < -0.39 is 0 Å². The van der Waals surface area contributed by atoms with Crippen molar-refractivity contribution in [1.82, 2.24) is 15.6 Å². The first-order chi connectivity index (χ1) is 11.8. The highest BCUT2D eigenvalue weighted by Gasteiger charge is 2.52. The van der Waals surface area contributed by atoms with Crippen molar-refractivity contribution in [2.24, 2.45) is 11.8 Å². The largest absolute Gasteiger partial charge is 0.496 e. The Morgan fingerprint density at radius 3 is 2.83 bits per heavy atom. The van der Waals surface area contributed by atoms with E-state index >= 15 is 0 Å². The maximum Gasteiger partial charge on any atom is 0.124 e. The van der Waals surface area contributed by atoms with Crippen molar-refractivity contribution in [3.63, 3.8) is 0 Å². The summed E-state index contributed by atoms with van der Waals surface area (Å²) in [4.78, 5) is 4.38. The summed E-state index contributed by atoms with van der Waals surface area (Å²) in [6.45, 7) is 3.34. The molecule has 0 amide bonds. The highest BCUT2D eigenvalue weighted by molar-refractivity contribution is 5.64. The van der Waals surface area contributed by atoms with Crippen molar-refractivity contribution in [3.8, 4) is 17.0 Å². The molecule has 1 aromatic heterocycles. The predicted octanol–water partition coefficient (Wildman–Crippen LogP) is 1.69. The van der Waals surface area contributed by atoms with Gasteiger partial charge in [-0.1, -0.05) is 18.2 Å². The van der Waals surface area contributed by atoms with Gasteiger partial charge in [0.05, 0.1) is 12.8 Å². The minimum absolute atomic E-state index is 0.532. The molecule has 2 unspecified atom stereocenters. The summed E-state index contributed by atoms with van der Waals surface area (Å²) in [5.41, 5.74) is 8.90. The molecule has 1 saturated heterocycles. The van der Waals surface area contributed by atoms with E-state index in [1.54, 1.807) is 13.2 Å². The lowest BCUT2D eigenvalue weighted by atomic mass is 10.0. The van der Waals surface area contributed by atoms with Crippen LogP contribution in [0.3, 0.4) is 0 Å². The summed E-state index contributed by atoms with van der Waals surface area (Å²) in [5, 5.41) is 7.12. The third-order valence-corrected chi connectivity index (χ3v) is 5.22. The molecule has 1 aromatic carbocycles. The lowest BCUT2D eigenvalue weighted by molar-refractivity contribution is 0.409. The molecule has 0 bridgehead atoms. The molecule has 0 spiro atoms.